The Bertz CT molecular complexity index is 877. The molecule has 3 rings (SSSR count). The molecule has 29 heavy (non-hydrogen) atoms. The molecular weight excluding hydrogens is 360 g/mol. The summed E-state index contributed by atoms with van der Waals surface area (Å²) in [5.74, 6) is 1.49. The molecule has 2 aromatic carbocycles. The fraction of sp³-hybridized carbons (Fsp3) is 0.400. The van der Waals surface area contributed by atoms with Crippen LogP contribution in [0, 0.1) is 0 Å². The number of oxazole rings is 1. The Morgan fingerprint density at radius 3 is 2.48 bits per heavy atom. The molecule has 0 aliphatic carbocycles. The SMILES string of the molecule is CCCN(CCC)C(C)CCOc1ccccc1C=Cc1nc2ccccc2o1. The standard InChI is InChI=1S/C25H32N2O2/c1-4-17-27(18-5-2)20(3)16-19-28-23-12-8-6-10-21(23)14-15-25-26-22-11-7-9-13-24(22)29-25/h6-15,20H,4-5,16-19H2,1-3H3. The summed E-state index contributed by atoms with van der Waals surface area (Å²) in [5, 5.41) is 0. The molecule has 0 radical (unpaired) electrons. The van der Waals surface area contributed by atoms with Crippen molar-refractivity contribution in [3.8, 4) is 5.75 Å². The van der Waals surface area contributed by atoms with Gasteiger partial charge in [0.25, 0.3) is 0 Å². The molecule has 3 aromatic rings. The number of nitrogens with zero attached hydrogens (tertiary/aromatic N) is 2. The lowest BCUT2D eigenvalue weighted by molar-refractivity contribution is 0.174. The largest absolute Gasteiger partial charge is 0.493 e. The lowest BCUT2D eigenvalue weighted by Gasteiger charge is -2.28. The fourth-order valence-electron chi connectivity index (χ4n) is 3.52. The van der Waals surface area contributed by atoms with Gasteiger partial charge in [-0.25, -0.2) is 4.98 Å². The van der Waals surface area contributed by atoms with E-state index in [1.165, 1.54) is 12.8 Å². The van der Waals surface area contributed by atoms with Gasteiger partial charge in [-0.05, 0) is 63.6 Å². The van der Waals surface area contributed by atoms with Crippen LogP contribution in [0.4, 0.5) is 0 Å². The third-order valence-corrected chi connectivity index (χ3v) is 5.07. The highest BCUT2D eigenvalue weighted by Gasteiger charge is 2.12. The normalized spacial score (nSPS) is 12.8. The van der Waals surface area contributed by atoms with Crippen LogP contribution in [0.25, 0.3) is 23.3 Å². The van der Waals surface area contributed by atoms with Crippen molar-refractivity contribution in [3.63, 3.8) is 0 Å². The van der Waals surface area contributed by atoms with E-state index < -0.39 is 0 Å². The molecule has 4 nitrogen and oxygen atoms in total. The second kappa shape index (κ2) is 10.8. The lowest BCUT2D eigenvalue weighted by atomic mass is 10.1. The summed E-state index contributed by atoms with van der Waals surface area (Å²) >= 11 is 0. The van der Waals surface area contributed by atoms with Gasteiger partial charge >= 0.3 is 0 Å². The maximum absolute atomic E-state index is 6.13. The van der Waals surface area contributed by atoms with E-state index in [9.17, 15) is 0 Å². The van der Waals surface area contributed by atoms with E-state index >= 15 is 0 Å². The van der Waals surface area contributed by atoms with Crippen molar-refractivity contribution in [2.45, 2.75) is 46.1 Å². The maximum Gasteiger partial charge on any atom is 0.220 e. The van der Waals surface area contributed by atoms with Crippen LogP contribution in [-0.2, 0) is 0 Å². The van der Waals surface area contributed by atoms with E-state index in [4.69, 9.17) is 9.15 Å². The molecule has 0 fully saturated rings. The lowest BCUT2D eigenvalue weighted by Crippen LogP contribution is -2.35. The van der Waals surface area contributed by atoms with Crippen LogP contribution in [-0.4, -0.2) is 35.6 Å². The number of hydrogen-bond acceptors (Lipinski definition) is 4. The molecule has 1 unspecified atom stereocenters. The van der Waals surface area contributed by atoms with Gasteiger partial charge in [0.15, 0.2) is 5.58 Å². The second-order valence-electron chi connectivity index (χ2n) is 7.41. The summed E-state index contributed by atoms with van der Waals surface area (Å²) in [6, 6.07) is 16.4. The third kappa shape index (κ3) is 5.94. The van der Waals surface area contributed by atoms with Gasteiger partial charge < -0.3 is 14.1 Å². The Labute approximate surface area is 174 Å². The van der Waals surface area contributed by atoms with Gasteiger partial charge in [0, 0.05) is 17.7 Å². The van der Waals surface area contributed by atoms with Gasteiger partial charge in [-0.1, -0.05) is 44.2 Å². The highest BCUT2D eigenvalue weighted by molar-refractivity contribution is 5.76. The monoisotopic (exact) mass is 392 g/mol. The first-order valence-corrected chi connectivity index (χ1v) is 10.7. The van der Waals surface area contributed by atoms with Crippen molar-refractivity contribution in [2.24, 2.45) is 0 Å². The van der Waals surface area contributed by atoms with E-state index in [2.05, 4.69) is 36.7 Å². The van der Waals surface area contributed by atoms with Crippen molar-refractivity contribution in [1.29, 1.82) is 0 Å². The predicted molar refractivity (Wildman–Crippen MR) is 121 cm³/mol. The van der Waals surface area contributed by atoms with Crippen LogP contribution >= 0.6 is 0 Å². The zero-order chi connectivity index (χ0) is 20.5. The van der Waals surface area contributed by atoms with Gasteiger partial charge in [0.05, 0.1) is 6.61 Å². The van der Waals surface area contributed by atoms with Crippen molar-refractivity contribution in [3.05, 3.63) is 60.0 Å². The van der Waals surface area contributed by atoms with Crippen LogP contribution < -0.4 is 4.74 Å². The maximum atomic E-state index is 6.13. The molecule has 0 saturated carbocycles. The Morgan fingerprint density at radius 2 is 1.72 bits per heavy atom. The first-order chi connectivity index (χ1) is 14.2. The zero-order valence-corrected chi connectivity index (χ0v) is 17.8. The molecule has 1 atom stereocenters. The Hall–Kier alpha value is -2.59. The van der Waals surface area contributed by atoms with Gasteiger partial charge in [-0.2, -0.15) is 0 Å². The molecular formula is C25H32N2O2. The number of aromatic nitrogens is 1. The molecule has 0 N–H and O–H groups in total. The molecule has 0 saturated heterocycles. The van der Waals surface area contributed by atoms with E-state index in [0.29, 0.717) is 18.5 Å². The van der Waals surface area contributed by atoms with Crippen LogP contribution in [0.15, 0.2) is 52.9 Å². The topological polar surface area (TPSA) is 38.5 Å². The minimum Gasteiger partial charge on any atom is -0.493 e. The van der Waals surface area contributed by atoms with Gasteiger partial charge in [0.2, 0.25) is 5.89 Å². The summed E-state index contributed by atoms with van der Waals surface area (Å²) < 4.78 is 11.9. The number of fused-ring (bicyclic) bond motifs is 1. The summed E-state index contributed by atoms with van der Waals surface area (Å²) in [6.45, 7) is 9.79. The smallest absolute Gasteiger partial charge is 0.220 e. The highest BCUT2D eigenvalue weighted by Crippen LogP contribution is 2.22. The van der Waals surface area contributed by atoms with E-state index in [0.717, 1.165) is 41.9 Å². The average Bonchev–Trinajstić information content (AvgIpc) is 3.16. The summed E-state index contributed by atoms with van der Waals surface area (Å²) in [4.78, 5) is 7.06. The molecule has 0 bridgehead atoms. The molecule has 1 aromatic heterocycles. The van der Waals surface area contributed by atoms with Crippen molar-refractivity contribution < 1.29 is 9.15 Å². The fourth-order valence-corrected chi connectivity index (χ4v) is 3.52. The number of rotatable bonds is 11. The second-order valence-corrected chi connectivity index (χ2v) is 7.41. The van der Waals surface area contributed by atoms with Crippen molar-refractivity contribution in [2.75, 3.05) is 19.7 Å². The van der Waals surface area contributed by atoms with Gasteiger partial charge in [0.1, 0.15) is 11.3 Å². The minimum atomic E-state index is 0.525. The first-order valence-electron chi connectivity index (χ1n) is 10.7. The Kier molecular flexibility index (Phi) is 7.88. The molecule has 0 amide bonds. The van der Waals surface area contributed by atoms with Gasteiger partial charge in [-0.3, -0.25) is 0 Å². The van der Waals surface area contributed by atoms with Crippen molar-refractivity contribution >= 4 is 23.3 Å². The number of hydrogen-bond donors (Lipinski definition) is 0. The Balaban J connectivity index is 1.61. The quantitative estimate of drug-likeness (QED) is 0.385. The predicted octanol–water partition coefficient (Wildman–Crippen LogP) is 6.28. The molecule has 0 spiro atoms. The number of para-hydroxylation sites is 3. The van der Waals surface area contributed by atoms with E-state index in [1.807, 2.05) is 54.6 Å². The molecule has 0 aliphatic heterocycles. The first kappa shape index (κ1) is 21.1. The van der Waals surface area contributed by atoms with Crippen LogP contribution in [0.3, 0.4) is 0 Å². The highest BCUT2D eigenvalue weighted by atomic mass is 16.5. The van der Waals surface area contributed by atoms with Crippen molar-refractivity contribution in [1.82, 2.24) is 9.88 Å². The average molecular weight is 393 g/mol. The molecule has 1 heterocycles. The van der Waals surface area contributed by atoms with E-state index in [-0.39, 0.29) is 0 Å². The van der Waals surface area contributed by atoms with Crippen LogP contribution in [0.5, 0.6) is 5.75 Å². The summed E-state index contributed by atoms with van der Waals surface area (Å²) in [5.41, 5.74) is 2.70. The summed E-state index contributed by atoms with van der Waals surface area (Å²) in [7, 11) is 0. The van der Waals surface area contributed by atoms with Crippen LogP contribution in [0.1, 0.15) is 51.5 Å². The third-order valence-electron chi connectivity index (χ3n) is 5.07. The minimum absolute atomic E-state index is 0.525. The van der Waals surface area contributed by atoms with Crippen LogP contribution in [0.2, 0.25) is 0 Å². The zero-order valence-electron chi connectivity index (χ0n) is 17.8. The molecule has 0 aliphatic rings. The van der Waals surface area contributed by atoms with E-state index in [1.54, 1.807) is 0 Å². The number of benzene rings is 2. The molecule has 4 heteroatoms. The number of ether oxygens (including phenoxy) is 1. The molecule has 154 valence electrons. The Morgan fingerprint density at radius 1 is 1.00 bits per heavy atom. The van der Waals surface area contributed by atoms with Gasteiger partial charge in [-0.15, -0.1) is 0 Å². The summed E-state index contributed by atoms with van der Waals surface area (Å²) in [6.07, 6.45) is 7.30.